The molecule has 0 spiro atoms. The Balaban J connectivity index is 2.01. The van der Waals surface area contributed by atoms with E-state index in [1.54, 1.807) is 11.8 Å². The first-order valence-corrected chi connectivity index (χ1v) is 6.55. The summed E-state index contributed by atoms with van der Waals surface area (Å²) in [5, 5.41) is 9.22. The Kier molecular flexibility index (Phi) is 3.40. The van der Waals surface area contributed by atoms with Crippen LogP contribution >= 0.6 is 0 Å². The number of aliphatic carboxylic acids is 1. The molecule has 17 heavy (non-hydrogen) atoms. The molecule has 1 aliphatic heterocycles. The molecule has 2 aliphatic rings. The smallest absolute Gasteiger partial charge is 0.311 e. The molecule has 4 heteroatoms. The maximum atomic E-state index is 12.2. The van der Waals surface area contributed by atoms with Gasteiger partial charge in [0, 0.05) is 19.0 Å². The zero-order chi connectivity index (χ0) is 12.5. The van der Waals surface area contributed by atoms with Crippen LogP contribution < -0.4 is 0 Å². The lowest BCUT2D eigenvalue weighted by molar-refractivity contribution is -0.154. The minimum absolute atomic E-state index is 0.158. The van der Waals surface area contributed by atoms with Gasteiger partial charge in [-0.15, -0.1) is 0 Å². The number of piperidine rings is 1. The molecule has 1 amide bonds. The summed E-state index contributed by atoms with van der Waals surface area (Å²) < 4.78 is 0. The number of carbonyl (C=O) groups is 2. The number of rotatable bonds is 2. The summed E-state index contributed by atoms with van der Waals surface area (Å²) in [7, 11) is 0. The van der Waals surface area contributed by atoms with Gasteiger partial charge in [-0.2, -0.15) is 0 Å². The summed E-state index contributed by atoms with van der Waals surface area (Å²) in [5.41, 5.74) is -0.744. The number of hydrogen-bond donors (Lipinski definition) is 1. The van der Waals surface area contributed by atoms with Gasteiger partial charge in [-0.1, -0.05) is 12.8 Å². The highest BCUT2D eigenvalue weighted by molar-refractivity contribution is 5.81. The molecular weight excluding hydrogens is 218 g/mol. The SMILES string of the molecule is C[C@@]1(C(=O)O)CCCN(C(=O)C2CCCC2)C1. The van der Waals surface area contributed by atoms with Crippen molar-refractivity contribution in [2.24, 2.45) is 11.3 Å². The second-order valence-corrected chi connectivity index (χ2v) is 5.71. The normalized spacial score (nSPS) is 30.5. The highest BCUT2D eigenvalue weighted by Crippen LogP contribution is 2.33. The van der Waals surface area contributed by atoms with Crippen LogP contribution in [-0.2, 0) is 9.59 Å². The highest BCUT2D eigenvalue weighted by Gasteiger charge is 2.40. The molecule has 96 valence electrons. The van der Waals surface area contributed by atoms with Gasteiger partial charge in [-0.25, -0.2) is 0 Å². The first kappa shape index (κ1) is 12.4. The Hall–Kier alpha value is -1.06. The molecule has 1 saturated heterocycles. The minimum Gasteiger partial charge on any atom is -0.481 e. The summed E-state index contributed by atoms with van der Waals surface area (Å²) >= 11 is 0. The maximum Gasteiger partial charge on any atom is 0.311 e. The summed E-state index contributed by atoms with van der Waals surface area (Å²) in [6.07, 6.45) is 5.73. The molecule has 2 fully saturated rings. The quantitative estimate of drug-likeness (QED) is 0.800. The third-order valence-electron chi connectivity index (χ3n) is 4.23. The predicted molar refractivity (Wildman–Crippen MR) is 63.5 cm³/mol. The van der Waals surface area contributed by atoms with E-state index in [0.29, 0.717) is 13.0 Å². The van der Waals surface area contributed by atoms with Crippen molar-refractivity contribution >= 4 is 11.9 Å². The van der Waals surface area contributed by atoms with Crippen molar-refractivity contribution in [3.05, 3.63) is 0 Å². The summed E-state index contributed by atoms with van der Waals surface area (Å²) in [4.78, 5) is 25.3. The Morgan fingerprint density at radius 3 is 2.47 bits per heavy atom. The molecule has 1 atom stereocenters. The van der Waals surface area contributed by atoms with Gasteiger partial charge in [-0.05, 0) is 32.6 Å². The first-order valence-electron chi connectivity index (χ1n) is 6.55. The molecular formula is C13H21NO3. The monoisotopic (exact) mass is 239 g/mol. The highest BCUT2D eigenvalue weighted by atomic mass is 16.4. The molecule has 0 bridgehead atoms. The Morgan fingerprint density at radius 2 is 1.88 bits per heavy atom. The average Bonchev–Trinajstić information content (AvgIpc) is 2.81. The number of carbonyl (C=O) groups excluding carboxylic acids is 1. The Labute approximate surface area is 102 Å². The first-order chi connectivity index (χ1) is 8.03. The van der Waals surface area contributed by atoms with Crippen LogP contribution in [0.4, 0.5) is 0 Å². The molecule has 1 saturated carbocycles. The van der Waals surface area contributed by atoms with Crippen LogP contribution in [0.15, 0.2) is 0 Å². The number of hydrogen-bond acceptors (Lipinski definition) is 2. The van der Waals surface area contributed by atoms with E-state index in [4.69, 9.17) is 0 Å². The van der Waals surface area contributed by atoms with Gasteiger partial charge in [0.1, 0.15) is 0 Å². The second kappa shape index (κ2) is 4.67. The van der Waals surface area contributed by atoms with Gasteiger partial charge in [0.05, 0.1) is 5.41 Å². The van der Waals surface area contributed by atoms with Crippen LogP contribution in [0, 0.1) is 11.3 Å². The fraction of sp³-hybridized carbons (Fsp3) is 0.846. The van der Waals surface area contributed by atoms with Crippen LogP contribution in [0.2, 0.25) is 0 Å². The number of nitrogens with zero attached hydrogens (tertiary/aromatic N) is 1. The van der Waals surface area contributed by atoms with E-state index in [-0.39, 0.29) is 11.8 Å². The second-order valence-electron chi connectivity index (χ2n) is 5.71. The largest absolute Gasteiger partial charge is 0.481 e. The van der Waals surface area contributed by atoms with Gasteiger partial charge in [0.2, 0.25) is 5.91 Å². The van der Waals surface area contributed by atoms with Crippen molar-refractivity contribution in [3.63, 3.8) is 0 Å². The summed E-state index contributed by atoms with van der Waals surface area (Å²) in [6, 6.07) is 0. The van der Waals surface area contributed by atoms with E-state index >= 15 is 0 Å². The molecule has 1 N–H and O–H groups in total. The number of amides is 1. The fourth-order valence-corrected chi connectivity index (χ4v) is 3.03. The van der Waals surface area contributed by atoms with E-state index in [9.17, 15) is 14.7 Å². The average molecular weight is 239 g/mol. The topological polar surface area (TPSA) is 57.6 Å². The molecule has 0 unspecified atom stereocenters. The molecule has 1 heterocycles. The van der Waals surface area contributed by atoms with Crippen molar-refractivity contribution in [2.45, 2.75) is 45.4 Å². The Bertz CT molecular complexity index is 323. The maximum absolute atomic E-state index is 12.2. The zero-order valence-electron chi connectivity index (χ0n) is 10.4. The van der Waals surface area contributed by atoms with Crippen LogP contribution in [-0.4, -0.2) is 35.0 Å². The van der Waals surface area contributed by atoms with E-state index < -0.39 is 11.4 Å². The van der Waals surface area contributed by atoms with Gasteiger partial charge >= 0.3 is 5.97 Å². The van der Waals surface area contributed by atoms with Crippen molar-refractivity contribution in [1.29, 1.82) is 0 Å². The van der Waals surface area contributed by atoms with E-state index in [1.807, 2.05) is 0 Å². The zero-order valence-corrected chi connectivity index (χ0v) is 10.4. The van der Waals surface area contributed by atoms with Crippen LogP contribution in [0.25, 0.3) is 0 Å². The molecule has 4 nitrogen and oxygen atoms in total. The summed E-state index contributed by atoms with van der Waals surface area (Å²) in [5.74, 6) is -0.428. The van der Waals surface area contributed by atoms with E-state index in [0.717, 1.165) is 38.6 Å². The fourth-order valence-electron chi connectivity index (χ4n) is 3.03. The Morgan fingerprint density at radius 1 is 1.24 bits per heavy atom. The number of carboxylic acids is 1. The predicted octanol–water partition coefficient (Wildman–Crippen LogP) is 1.89. The van der Waals surface area contributed by atoms with Crippen molar-refractivity contribution in [1.82, 2.24) is 4.90 Å². The molecule has 0 radical (unpaired) electrons. The van der Waals surface area contributed by atoms with Crippen LogP contribution in [0.5, 0.6) is 0 Å². The van der Waals surface area contributed by atoms with Gasteiger partial charge in [0.25, 0.3) is 0 Å². The molecule has 0 aromatic carbocycles. The number of likely N-dealkylation sites (tertiary alicyclic amines) is 1. The van der Waals surface area contributed by atoms with E-state index in [2.05, 4.69) is 0 Å². The van der Waals surface area contributed by atoms with Gasteiger partial charge in [0.15, 0.2) is 0 Å². The standard InChI is InChI=1S/C13H21NO3/c1-13(12(16)17)7-4-8-14(9-13)11(15)10-5-2-3-6-10/h10H,2-9H2,1H3,(H,16,17)/t13-/m1/s1. The lowest BCUT2D eigenvalue weighted by atomic mass is 9.81. The van der Waals surface area contributed by atoms with Crippen LogP contribution in [0.1, 0.15) is 45.4 Å². The van der Waals surface area contributed by atoms with Crippen molar-refractivity contribution < 1.29 is 14.7 Å². The molecule has 0 aromatic rings. The van der Waals surface area contributed by atoms with E-state index in [1.165, 1.54) is 0 Å². The van der Waals surface area contributed by atoms with Crippen molar-refractivity contribution in [2.75, 3.05) is 13.1 Å². The minimum atomic E-state index is -0.776. The third kappa shape index (κ3) is 2.45. The lowest BCUT2D eigenvalue weighted by Gasteiger charge is -2.38. The molecule has 0 aromatic heterocycles. The number of carboxylic acid groups (broad SMARTS) is 1. The van der Waals surface area contributed by atoms with Crippen molar-refractivity contribution in [3.8, 4) is 0 Å². The third-order valence-corrected chi connectivity index (χ3v) is 4.23. The van der Waals surface area contributed by atoms with Gasteiger partial charge in [-0.3, -0.25) is 9.59 Å². The lowest BCUT2D eigenvalue weighted by Crippen LogP contribution is -2.49. The van der Waals surface area contributed by atoms with Gasteiger partial charge < -0.3 is 10.0 Å². The molecule has 2 rings (SSSR count). The summed E-state index contributed by atoms with van der Waals surface area (Å²) in [6.45, 7) is 2.87. The van der Waals surface area contributed by atoms with Crippen LogP contribution in [0.3, 0.4) is 0 Å². The molecule has 1 aliphatic carbocycles.